The summed E-state index contributed by atoms with van der Waals surface area (Å²) in [6, 6.07) is 13.3. The van der Waals surface area contributed by atoms with Crippen molar-refractivity contribution in [2.45, 2.75) is 45.3 Å². The molecule has 0 bridgehead atoms. The van der Waals surface area contributed by atoms with Gasteiger partial charge in [-0.3, -0.25) is 4.79 Å². The highest BCUT2D eigenvalue weighted by molar-refractivity contribution is 6.75. The minimum Gasteiger partial charge on any atom is -0.519 e. The molecular formula is C15H25NO2Si. The Morgan fingerprint density at radius 1 is 1.21 bits per heavy atom. The van der Waals surface area contributed by atoms with Crippen LogP contribution in [0.1, 0.15) is 27.2 Å². The third-order valence-electron chi connectivity index (χ3n) is 3.56. The summed E-state index contributed by atoms with van der Waals surface area (Å²) in [5.74, 6) is -0.119. The van der Waals surface area contributed by atoms with Crippen LogP contribution in [0, 0.1) is 0 Å². The van der Waals surface area contributed by atoms with Gasteiger partial charge in [0.25, 0.3) is 14.3 Å². The standard InChI is InChI=1S/C15H25NO2Si/c1-4-19(5-2,18-14(3)17)13-9-12-16-15-10-7-6-8-11-15/h6-8,10-11,16H,4-5,9,12-13H2,1-3H3. The molecule has 0 amide bonds. The lowest BCUT2D eigenvalue weighted by Crippen LogP contribution is -2.38. The first-order valence-electron chi connectivity index (χ1n) is 7.10. The van der Waals surface area contributed by atoms with Crippen molar-refractivity contribution in [1.29, 1.82) is 0 Å². The van der Waals surface area contributed by atoms with Crippen LogP contribution in [0.4, 0.5) is 5.69 Å². The molecular weight excluding hydrogens is 254 g/mol. The molecule has 106 valence electrons. The lowest BCUT2D eigenvalue weighted by Gasteiger charge is -2.28. The number of carbonyl (C=O) groups is 1. The molecule has 1 N–H and O–H groups in total. The minimum absolute atomic E-state index is 0.119. The first kappa shape index (κ1) is 15.8. The van der Waals surface area contributed by atoms with Gasteiger partial charge >= 0.3 is 0 Å². The topological polar surface area (TPSA) is 38.3 Å². The normalized spacial score (nSPS) is 11.1. The minimum atomic E-state index is -1.83. The van der Waals surface area contributed by atoms with Gasteiger partial charge in [-0.15, -0.1) is 0 Å². The fourth-order valence-electron chi connectivity index (χ4n) is 2.30. The Labute approximate surface area is 117 Å². The van der Waals surface area contributed by atoms with E-state index in [-0.39, 0.29) is 5.97 Å². The maximum absolute atomic E-state index is 11.2. The van der Waals surface area contributed by atoms with Crippen molar-refractivity contribution < 1.29 is 9.22 Å². The molecule has 0 radical (unpaired) electrons. The van der Waals surface area contributed by atoms with Crippen LogP contribution in [-0.2, 0) is 9.22 Å². The van der Waals surface area contributed by atoms with Crippen molar-refractivity contribution in [1.82, 2.24) is 0 Å². The number of benzene rings is 1. The summed E-state index contributed by atoms with van der Waals surface area (Å²) in [6.07, 6.45) is 1.05. The van der Waals surface area contributed by atoms with Crippen LogP contribution in [0.2, 0.25) is 18.1 Å². The first-order valence-corrected chi connectivity index (χ1v) is 9.63. The molecule has 4 heteroatoms. The van der Waals surface area contributed by atoms with Crippen molar-refractivity contribution in [2.24, 2.45) is 0 Å². The molecule has 0 aliphatic rings. The second-order valence-electron chi connectivity index (χ2n) is 4.88. The molecule has 0 aromatic heterocycles. The highest BCUT2D eigenvalue weighted by atomic mass is 28.4. The predicted octanol–water partition coefficient (Wildman–Crippen LogP) is 4.04. The van der Waals surface area contributed by atoms with Crippen LogP contribution in [0.3, 0.4) is 0 Å². The fourth-order valence-corrected chi connectivity index (χ4v) is 5.33. The van der Waals surface area contributed by atoms with Gasteiger partial charge < -0.3 is 9.74 Å². The summed E-state index contributed by atoms with van der Waals surface area (Å²) in [5.41, 5.74) is 1.15. The number of para-hydroxylation sites is 1. The second-order valence-corrected chi connectivity index (χ2v) is 9.36. The first-order chi connectivity index (χ1) is 9.12. The van der Waals surface area contributed by atoms with E-state index in [4.69, 9.17) is 4.43 Å². The third-order valence-corrected chi connectivity index (χ3v) is 8.12. The number of hydrogen-bond donors (Lipinski definition) is 1. The molecule has 0 atom stereocenters. The quantitative estimate of drug-likeness (QED) is 0.576. The van der Waals surface area contributed by atoms with Gasteiger partial charge in [0, 0.05) is 19.2 Å². The van der Waals surface area contributed by atoms with E-state index < -0.39 is 8.32 Å². The van der Waals surface area contributed by atoms with E-state index in [0.29, 0.717) is 0 Å². The van der Waals surface area contributed by atoms with Crippen molar-refractivity contribution in [3.63, 3.8) is 0 Å². The van der Waals surface area contributed by atoms with Crippen LogP contribution in [0.15, 0.2) is 30.3 Å². The number of hydrogen-bond acceptors (Lipinski definition) is 3. The number of nitrogens with one attached hydrogen (secondary N) is 1. The summed E-state index contributed by atoms with van der Waals surface area (Å²) < 4.78 is 5.66. The highest BCUT2D eigenvalue weighted by Crippen LogP contribution is 2.24. The Balaban J connectivity index is 2.38. The number of rotatable bonds is 8. The Hall–Kier alpha value is -1.29. The molecule has 0 aliphatic heterocycles. The van der Waals surface area contributed by atoms with Gasteiger partial charge in [0.1, 0.15) is 0 Å². The maximum atomic E-state index is 11.2. The van der Waals surface area contributed by atoms with E-state index >= 15 is 0 Å². The summed E-state index contributed by atoms with van der Waals surface area (Å²) in [7, 11) is -1.83. The molecule has 3 nitrogen and oxygen atoms in total. The summed E-state index contributed by atoms with van der Waals surface area (Å²) >= 11 is 0. The molecule has 19 heavy (non-hydrogen) atoms. The Bertz CT molecular complexity index is 377. The van der Waals surface area contributed by atoms with E-state index in [0.717, 1.165) is 36.8 Å². The predicted molar refractivity (Wildman–Crippen MR) is 82.8 cm³/mol. The second kappa shape index (κ2) is 7.99. The Morgan fingerprint density at radius 3 is 2.37 bits per heavy atom. The molecule has 0 saturated carbocycles. The summed E-state index contributed by atoms with van der Waals surface area (Å²) in [5, 5.41) is 3.40. The average Bonchev–Trinajstić information content (AvgIpc) is 2.43. The molecule has 0 heterocycles. The smallest absolute Gasteiger partial charge is 0.289 e. The molecule has 0 spiro atoms. The Kier molecular flexibility index (Phi) is 6.63. The van der Waals surface area contributed by atoms with Crippen molar-refractivity contribution in [2.75, 3.05) is 11.9 Å². The van der Waals surface area contributed by atoms with Crippen LogP contribution < -0.4 is 5.32 Å². The van der Waals surface area contributed by atoms with Gasteiger partial charge in [0.2, 0.25) is 0 Å². The zero-order valence-corrected chi connectivity index (χ0v) is 13.2. The zero-order valence-electron chi connectivity index (χ0n) is 12.2. The SMILES string of the molecule is CC[Si](CC)(CCCNc1ccccc1)OC(C)=O. The third kappa shape index (κ3) is 5.47. The van der Waals surface area contributed by atoms with E-state index in [2.05, 4.69) is 31.3 Å². The molecule has 0 saturated heterocycles. The van der Waals surface area contributed by atoms with Crippen LogP contribution >= 0.6 is 0 Å². The molecule has 1 aromatic rings. The van der Waals surface area contributed by atoms with Crippen molar-refractivity contribution >= 4 is 20.0 Å². The van der Waals surface area contributed by atoms with Crippen LogP contribution in [0.5, 0.6) is 0 Å². The largest absolute Gasteiger partial charge is 0.519 e. The average molecular weight is 279 g/mol. The lowest BCUT2D eigenvalue weighted by molar-refractivity contribution is -0.132. The van der Waals surface area contributed by atoms with E-state index in [1.54, 1.807) is 0 Å². The molecule has 0 aliphatic carbocycles. The summed E-state index contributed by atoms with van der Waals surface area (Å²) in [6.45, 7) is 6.74. The van der Waals surface area contributed by atoms with E-state index in [1.807, 2.05) is 18.2 Å². The van der Waals surface area contributed by atoms with Gasteiger partial charge in [-0.2, -0.15) is 0 Å². The van der Waals surface area contributed by atoms with Gasteiger partial charge in [0.15, 0.2) is 0 Å². The summed E-state index contributed by atoms with van der Waals surface area (Å²) in [4.78, 5) is 11.2. The van der Waals surface area contributed by atoms with Crippen molar-refractivity contribution in [3.05, 3.63) is 30.3 Å². The zero-order chi connectivity index (χ0) is 14.1. The fraction of sp³-hybridized carbons (Fsp3) is 0.533. The maximum Gasteiger partial charge on any atom is 0.289 e. The number of carbonyl (C=O) groups excluding carboxylic acids is 1. The monoisotopic (exact) mass is 279 g/mol. The molecule has 0 fully saturated rings. The van der Waals surface area contributed by atoms with E-state index in [1.165, 1.54) is 6.92 Å². The lowest BCUT2D eigenvalue weighted by atomic mass is 10.3. The van der Waals surface area contributed by atoms with E-state index in [9.17, 15) is 4.79 Å². The molecule has 0 unspecified atom stereocenters. The Morgan fingerprint density at radius 2 is 1.84 bits per heavy atom. The molecule has 1 aromatic carbocycles. The van der Waals surface area contributed by atoms with Crippen LogP contribution in [-0.4, -0.2) is 20.8 Å². The van der Waals surface area contributed by atoms with Gasteiger partial charge in [-0.05, 0) is 36.7 Å². The molecule has 1 rings (SSSR count). The van der Waals surface area contributed by atoms with Gasteiger partial charge in [-0.25, -0.2) is 0 Å². The highest BCUT2D eigenvalue weighted by Gasteiger charge is 2.33. The number of anilines is 1. The van der Waals surface area contributed by atoms with Crippen LogP contribution in [0.25, 0.3) is 0 Å². The van der Waals surface area contributed by atoms with Gasteiger partial charge in [0.05, 0.1) is 0 Å². The van der Waals surface area contributed by atoms with Crippen molar-refractivity contribution in [3.8, 4) is 0 Å². The van der Waals surface area contributed by atoms with Gasteiger partial charge in [-0.1, -0.05) is 32.0 Å².